The topological polar surface area (TPSA) is 83.8 Å². The Hall–Kier alpha value is -1.24. The summed E-state index contributed by atoms with van der Waals surface area (Å²) >= 11 is -2.61. The van der Waals surface area contributed by atoms with E-state index in [2.05, 4.69) is 6.07 Å². The van der Waals surface area contributed by atoms with Crippen molar-refractivity contribution in [2.75, 3.05) is 7.11 Å². The first-order chi connectivity index (χ1) is 8.02. The van der Waals surface area contributed by atoms with Gasteiger partial charge in [0.05, 0.1) is 7.11 Å². The predicted molar refractivity (Wildman–Crippen MR) is 63.4 cm³/mol. The van der Waals surface area contributed by atoms with E-state index < -0.39 is 11.4 Å². The maximum Gasteiger partial charge on any atom is 0.299 e. The predicted octanol–water partition coefficient (Wildman–Crippen LogP) is 1.43. The minimum atomic E-state index is -2.61. The molecule has 1 aromatic rings. The summed E-state index contributed by atoms with van der Waals surface area (Å²) in [6, 6.07) is 5.97. The SMILES string of the molecule is COc1ccc2c(c1)CC(=O)CC2.O=S(O)O. The van der Waals surface area contributed by atoms with E-state index in [0.29, 0.717) is 18.6 Å². The van der Waals surface area contributed by atoms with Crippen molar-refractivity contribution in [2.24, 2.45) is 0 Å². The van der Waals surface area contributed by atoms with Crippen LogP contribution in [0.1, 0.15) is 17.5 Å². The molecule has 0 aliphatic heterocycles. The van der Waals surface area contributed by atoms with Gasteiger partial charge in [0.2, 0.25) is 0 Å². The fourth-order valence-electron chi connectivity index (χ4n) is 1.71. The molecular formula is C11H14O5S. The fraction of sp³-hybridized carbons (Fsp3) is 0.364. The van der Waals surface area contributed by atoms with E-state index >= 15 is 0 Å². The molecule has 0 aromatic heterocycles. The van der Waals surface area contributed by atoms with Crippen molar-refractivity contribution in [3.63, 3.8) is 0 Å². The molecule has 0 amide bonds. The molecule has 0 bridgehead atoms. The van der Waals surface area contributed by atoms with Crippen molar-refractivity contribution in [1.29, 1.82) is 0 Å². The van der Waals surface area contributed by atoms with Crippen molar-refractivity contribution in [3.05, 3.63) is 29.3 Å². The molecule has 0 spiro atoms. The number of fused-ring (bicyclic) bond motifs is 1. The Morgan fingerprint density at radius 3 is 2.47 bits per heavy atom. The van der Waals surface area contributed by atoms with Crippen LogP contribution in [0.15, 0.2) is 18.2 Å². The molecule has 94 valence electrons. The summed E-state index contributed by atoms with van der Waals surface area (Å²) in [5, 5.41) is 0. The third kappa shape index (κ3) is 4.64. The summed E-state index contributed by atoms with van der Waals surface area (Å²) in [4.78, 5) is 11.2. The van der Waals surface area contributed by atoms with Crippen LogP contribution in [0.3, 0.4) is 0 Å². The van der Waals surface area contributed by atoms with E-state index in [4.69, 9.17) is 18.1 Å². The van der Waals surface area contributed by atoms with E-state index in [1.165, 1.54) is 5.56 Å². The molecule has 1 aliphatic carbocycles. The second-order valence-corrected chi connectivity index (χ2v) is 4.04. The van der Waals surface area contributed by atoms with Crippen molar-refractivity contribution >= 4 is 17.1 Å². The number of hydrogen-bond donors (Lipinski definition) is 2. The lowest BCUT2D eigenvalue weighted by Crippen LogP contribution is -2.12. The minimum absolute atomic E-state index is 0.334. The van der Waals surface area contributed by atoms with Crippen LogP contribution in [0.4, 0.5) is 0 Å². The zero-order valence-electron chi connectivity index (χ0n) is 9.38. The van der Waals surface area contributed by atoms with Gasteiger partial charge in [0.25, 0.3) is 11.4 Å². The van der Waals surface area contributed by atoms with Crippen LogP contribution in [-0.2, 0) is 29.0 Å². The Balaban J connectivity index is 0.000000317. The van der Waals surface area contributed by atoms with Crippen LogP contribution in [0.25, 0.3) is 0 Å². The quantitative estimate of drug-likeness (QED) is 0.744. The molecule has 17 heavy (non-hydrogen) atoms. The fourth-order valence-corrected chi connectivity index (χ4v) is 1.71. The lowest BCUT2D eigenvalue weighted by molar-refractivity contribution is -0.118. The number of ketones is 1. The molecule has 2 rings (SSSR count). The highest BCUT2D eigenvalue weighted by molar-refractivity contribution is 7.73. The summed E-state index contributed by atoms with van der Waals surface area (Å²) in [5.41, 5.74) is 2.43. The first-order valence-corrected chi connectivity index (χ1v) is 6.06. The largest absolute Gasteiger partial charge is 0.497 e. The first-order valence-electron chi connectivity index (χ1n) is 5.00. The van der Waals surface area contributed by atoms with Crippen LogP contribution in [0.2, 0.25) is 0 Å². The number of benzene rings is 1. The number of carbonyl (C=O) groups is 1. The van der Waals surface area contributed by atoms with Gasteiger partial charge in [0.1, 0.15) is 11.5 Å². The molecule has 5 nitrogen and oxygen atoms in total. The Bertz CT molecular complexity index is 426. The van der Waals surface area contributed by atoms with E-state index in [9.17, 15) is 4.79 Å². The van der Waals surface area contributed by atoms with Gasteiger partial charge in [-0.3, -0.25) is 13.9 Å². The summed E-state index contributed by atoms with van der Waals surface area (Å²) in [7, 11) is 1.65. The Morgan fingerprint density at radius 1 is 1.24 bits per heavy atom. The molecule has 2 N–H and O–H groups in total. The zero-order valence-corrected chi connectivity index (χ0v) is 10.2. The van der Waals surface area contributed by atoms with Gasteiger partial charge < -0.3 is 4.74 Å². The van der Waals surface area contributed by atoms with E-state index in [1.54, 1.807) is 7.11 Å². The number of methoxy groups -OCH3 is 1. The maximum absolute atomic E-state index is 11.2. The molecule has 0 fully saturated rings. The molecule has 6 heteroatoms. The normalized spacial score (nSPS) is 13.8. The second-order valence-electron chi connectivity index (χ2n) is 3.58. The molecule has 0 saturated carbocycles. The second kappa shape index (κ2) is 6.48. The number of ether oxygens (including phenoxy) is 1. The van der Waals surface area contributed by atoms with Gasteiger partial charge in [0.15, 0.2) is 0 Å². The number of carbonyl (C=O) groups excluding carboxylic acids is 1. The molecule has 1 aliphatic rings. The molecule has 0 saturated heterocycles. The Morgan fingerprint density at radius 2 is 1.88 bits per heavy atom. The molecule has 0 radical (unpaired) electrons. The number of hydrogen-bond acceptors (Lipinski definition) is 3. The molecule has 1 aromatic carbocycles. The highest BCUT2D eigenvalue weighted by Crippen LogP contribution is 2.23. The van der Waals surface area contributed by atoms with E-state index in [0.717, 1.165) is 17.7 Å². The Labute approximate surface area is 102 Å². The number of Topliss-reactive ketones (excluding diaryl/α,β-unsaturated/α-hetero) is 1. The van der Waals surface area contributed by atoms with Crippen molar-refractivity contribution in [2.45, 2.75) is 19.3 Å². The van der Waals surface area contributed by atoms with Gasteiger partial charge in [-0.05, 0) is 29.7 Å². The summed E-state index contributed by atoms with van der Waals surface area (Å²) in [5.74, 6) is 1.18. The van der Waals surface area contributed by atoms with E-state index in [-0.39, 0.29) is 0 Å². The lowest BCUT2D eigenvalue weighted by Gasteiger charge is -2.15. The van der Waals surface area contributed by atoms with Crippen LogP contribution < -0.4 is 4.74 Å². The van der Waals surface area contributed by atoms with Gasteiger partial charge in [-0.15, -0.1) is 0 Å². The summed E-state index contributed by atoms with van der Waals surface area (Å²) in [6.45, 7) is 0. The average Bonchev–Trinajstić information content (AvgIpc) is 2.27. The van der Waals surface area contributed by atoms with Gasteiger partial charge in [-0.25, -0.2) is 0 Å². The van der Waals surface area contributed by atoms with Crippen LogP contribution in [-0.4, -0.2) is 26.2 Å². The standard InChI is InChI=1S/C11H12O2.H2O3S/c1-13-11-5-3-8-2-4-10(12)6-9(8)7-11;1-4(2)3/h3,5,7H,2,4,6H2,1H3;(H2,1,2,3). The monoisotopic (exact) mass is 258 g/mol. The molecule has 0 atom stereocenters. The Kier molecular flexibility index (Phi) is 5.27. The van der Waals surface area contributed by atoms with Crippen molar-refractivity contribution < 1.29 is 22.8 Å². The van der Waals surface area contributed by atoms with Gasteiger partial charge in [-0.2, -0.15) is 4.21 Å². The first kappa shape index (κ1) is 13.8. The average molecular weight is 258 g/mol. The lowest BCUT2D eigenvalue weighted by atomic mass is 9.91. The summed E-state index contributed by atoms with van der Waals surface area (Å²) in [6.07, 6.45) is 2.16. The van der Waals surface area contributed by atoms with E-state index in [1.807, 2.05) is 12.1 Å². The number of aryl methyl sites for hydroxylation is 1. The smallest absolute Gasteiger partial charge is 0.299 e. The van der Waals surface area contributed by atoms with Gasteiger partial charge in [0, 0.05) is 12.8 Å². The maximum atomic E-state index is 11.2. The van der Waals surface area contributed by atoms with Crippen molar-refractivity contribution in [3.8, 4) is 5.75 Å². The summed E-state index contributed by atoms with van der Waals surface area (Å²) < 4.78 is 27.9. The minimum Gasteiger partial charge on any atom is -0.497 e. The highest BCUT2D eigenvalue weighted by Gasteiger charge is 2.15. The van der Waals surface area contributed by atoms with Crippen LogP contribution in [0.5, 0.6) is 5.75 Å². The zero-order chi connectivity index (χ0) is 12.8. The van der Waals surface area contributed by atoms with Crippen molar-refractivity contribution in [1.82, 2.24) is 0 Å². The molecule has 0 heterocycles. The molecule has 0 unspecified atom stereocenters. The van der Waals surface area contributed by atoms with Gasteiger partial charge in [-0.1, -0.05) is 6.07 Å². The third-order valence-electron chi connectivity index (χ3n) is 2.47. The highest BCUT2D eigenvalue weighted by atomic mass is 32.2. The van der Waals surface area contributed by atoms with Gasteiger partial charge >= 0.3 is 0 Å². The molecular weight excluding hydrogens is 244 g/mol. The number of rotatable bonds is 1. The third-order valence-corrected chi connectivity index (χ3v) is 2.47. The van der Waals surface area contributed by atoms with Crippen LogP contribution in [0, 0.1) is 0 Å². The van der Waals surface area contributed by atoms with Crippen LogP contribution >= 0.6 is 0 Å².